The molecule has 0 aromatic carbocycles. The van der Waals surface area contributed by atoms with Crippen LogP contribution in [0.3, 0.4) is 0 Å². The number of rotatable bonds is 18. The van der Waals surface area contributed by atoms with Crippen LogP contribution in [0.25, 0.3) is 0 Å². The topological polar surface area (TPSA) is 27.7 Å². The summed E-state index contributed by atoms with van der Waals surface area (Å²) in [7, 11) is 0. The van der Waals surface area contributed by atoms with Gasteiger partial charge in [0.25, 0.3) is 0 Å². The lowest BCUT2D eigenvalue weighted by Gasteiger charge is -2.18. The highest BCUT2D eigenvalue weighted by Crippen LogP contribution is 2.10. The van der Waals surface area contributed by atoms with Crippen molar-refractivity contribution >= 4 is 23.2 Å². The Balaban J connectivity index is 3.68. The maximum atomic E-state index is 5.75. The van der Waals surface area contributed by atoms with Gasteiger partial charge in [-0.3, -0.25) is 0 Å². The van der Waals surface area contributed by atoms with Crippen LogP contribution in [0.5, 0.6) is 0 Å². The fourth-order valence-electron chi connectivity index (χ4n) is 2.29. The Morgan fingerprint density at radius 3 is 1.44 bits per heavy atom. The Labute approximate surface area is 164 Å². The molecule has 0 rings (SSSR count). The zero-order valence-corrected chi connectivity index (χ0v) is 17.4. The van der Waals surface area contributed by atoms with Crippen molar-refractivity contribution in [2.24, 2.45) is 0 Å². The molecule has 0 saturated heterocycles. The van der Waals surface area contributed by atoms with Crippen molar-refractivity contribution in [1.82, 2.24) is 0 Å². The quantitative estimate of drug-likeness (QED) is 0.116. The molecule has 148 valence electrons. The van der Waals surface area contributed by atoms with Gasteiger partial charge >= 0.3 is 0 Å². The van der Waals surface area contributed by atoms with Crippen molar-refractivity contribution < 1.29 is 14.2 Å². The van der Waals surface area contributed by atoms with E-state index < -0.39 is 0 Å². The van der Waals surface area contributed by atoms with Gasteiger partial charge in [-0.15, -0.1) is 23.2 Å². The number of alkyl halides is 2. The van der Waals surface area contributed by atoms with Crippen LogP contribution in [0.15, 0.2) is 24.3 Å². The predicted octanol–water partition coefficient (Wildman–Crippen LogP) is 6.44. The molecule has 0 bridgehead atoms. The highest BCUT2D eigenvalue weighted by Gasteiger charge is 2.07. The van der Waals surface area contributed by atoms with E-state index in [1.54, 1.807) is 0 Å². The number of hydrogen-bond donors (Lipinski definition) is 0. The Kier molecular flexibility index (Phi) is 20.2. The summed E-state index contributed by atoms with van der Waals surface area (Å²) in [5.74, 6) is 1.36. The first-order valence-corrected chi connectivity index (χ1v) is 10.6. The van der Waals surface area contributed by atoms with Crippen LogP contribution < -0.4 is 0 Å². The summed E-state index contributed by atoms with van der Waals surface area (Å²) < 4.78 is 17.0. The van der Waals surface area contributed by atoms with Crippen LogP contribution in [0.1, 0.15) is 65.2 Å². The lowest BCUT2D eigenvalue weighted by molar-refractivity contribution is -0.166. The van der Waals surface area contributed by atoms with Gasteiger partial charge in [-0.05, 0) is 51.4 Å². The number of hydrogen-bond acceptors (Lipinski definition) is 3. The molecule has 2 atom stereocenters. The third-order valence-electron chi connectivity index (χ3n) is 3.88. The Bertz CT molecular complexity index is 292. The molecule has 5 heteroatoms. The molecule has 0 saturated carbocycles. The fourth-order valence-corrected chi connectivity index (χ4v) is 2.55. The van der Waals surface area contributed by atoms with Crippen molar-refractivity contribution in [2.45, 2.75) is 77.4 Å². The summed E-state index contributed by atoms with van der Waals surface area (Å²) >= 11 is 11.3. The summed E-state index contributed by atoms with van der Waals surface area (Å²) in [5.41, 5.74) is 0. The third kappa shape index (κ3) is 17.1. The molecular weight excluding hydrogens is 359 g/mol. The van der Waals surface area contributed by atoms with Crippen LogP contribution in [0.2, 0.25) is 0 Å². The van der Waals surface area contributed by atoms with E-state index in [1.165, 1.54) is 0 Å². The minimum absolute atomic E-state index is 0.231. The minimum atomic E-state index is 0.231. The maximum absolute atomic E-state index is 5.75. The molecule has 0 radical (unpaired) electrons. The summed E-state index contributed by atoms with van der Waals surface area (Å²) in [4.78, 5) is 0. The molecule has 0 spiro atoms. The van der Waals surface area contributed by atoms with Gasteiger partial charge < -0.3 is 14.2 Å². The maximum Gasteiger partial charge on any atom is 0.149 e. The van der Waals surface area contributed by atoms with Crippen LogP contribution in [-0.4, -0.2) is 37.6 Å². The van der Waals surface area contributed by atoms with E-state index in [4.69, 9.17) is 37.4 Å². The Hall–Kier alpha value is -0.0600. The van der Waals surface area contributed by atoms with E-state index in [2.05, 4.69) is 38.2 Å². The normalized spacial score (nSPS) is 14.6. The van der Waals surface area contributed by atoms with Crippen LogP contribution in [-0.2, 0) is 14.2 Å². The van der Waals surface area contributed by atoms with Crippen molar-refractivity contribution in [3.63, 3.8) is 0 Å². The van der Waals surface area contributed by atoms with Gasteiger partial charge in [0.1, 0.15) is 13.6 Å². The van der Waals surface area contributed by atoms with Gasteiger partial charge in [-0.25, -0.2) is 0 Å². The zero-order valence-electron chi connectivity index (χ0n) is 15.9. The molecule has 0 aliphatic heterocycles. The molecule has 0 amide bonds. The number of halogens is 2. The predicted molar refractivity (Wildman–Crippen MR) is 109 cm³/mol. The lowest BCUT2D eigenvalue weighted by Crippen LogP contribution is -2.18. The minimum Gasteiger partial charge on any atom is -0.352 e. The zero-order chi connectivity index (χ0) is 18.6. The van der Waals surface area contributed by atoms with Crippen molar-refractivity contribution in [1.29, 1.82) is 0 Å². The van der Waals surface area contributed by atoms with Gasteiger partial charge in [0.15, 0.2) is 0 Å². The van der Waals surface area contributed by atoms with Gasteiger partial charge in [0, 0.05) is 11.8 Å². The second-order valence-electron chi connectivity index (χ2n) is 5.89. The van der Waals surface area contributed by atoms with Gasteiger partial charge in [-0.1, -0.05) is 38.2 Å². The second-order valence-corrected chi connectivity index (χ2v) is 6.64. The third-order valence-corrected chi connectivity index (χ3v) is 4.32. The molecule has 2 unspecified atom stereocenters. The van der Waals surface area contributed by atoms with E-state index in [-0.39, 0.29) is 25.8 Å². The average Bonchev–Trinajstić information content (AvgIpc) is 2.64. The first-order chi connectivity index (χ1) is 12.3. The van der Waals surface area contributed by atoms with E-state index in [1.807, 2.05) is 0 Å². The molecule has 0 heterocycles. The summed E-state index contributed by atoms with van der Waals surface area (Å²) in [5, 5.41) is 0. The SMILES string of the molecule is CCC(CCC=CCCCl)OCOCOC(CC)CCC=CCCCl. The van der Waals surface area contributed by atoms with Crippen molar-refractivity contribution in [3.05, 3.63) is 24.3 Å². The van der Waals surface area contributed by atoms with E-state index >= 15 is 0 Å². The first kappa shape index (κ1) is 24.9. The molecule has 3 nitrogen and oxygen atoms in total. The summed E-state index contributed by atoms with van der Waals surface area (Å²) in [6.45, 7) is 4.84. The fraction of sp³-hybridized carbons (Fsp3) is 0.800. The van der Waals surface area contributed by atoms with Crippen LogP contribution >= 0.6 is 23.2 Å². The molecule has 0 N–H and O–H groups in total. The molecule has 0 aromatic rings. The Morgan fingerprint density at radius 2 is 1.08 bits per heavy atom. The molecule has 25 heavy (non-hydrogen) atoms. The number of ether oxygens (including phenoxy) is 3. The molecule has 0 aromatic heterocycles. The molecule has 0 fully saturated rings. The van der Waals surface area contributed by atoms with Crippen LogP contribution in [0, 0.1) is 0 Å². The first-order valence-electron chi connectivity index (χ1n) is 9.51. The van der Waals surface area contributed by atoms with Gasteiger partial charge in [0.05, 0.1) is 12.2 Å². The highest BCUT2D eigenvalue weighted by atomic mass is 35.5. The second kappa shape index (κ2) is 20.3. The van der Waals surface area contributed by atoms with Gasteiger partial charge in [0.2, 0.25) is 0 Å². The van der Waals surface area contributed by atoms with Crippen molar-refractivity contribution in [3.8, 4) is 0 Å². The average molecular weight is 395 g/mol. The number of allylic oxidation sites excluding steroid dienone is 4. The van der Waals surface area contributed by atoms with Crippen molar-refractivity contribution in [2.75, 3.05) is 25.3 Å². The smallest absolute Gasteiger partial charge is 0.149 e. The van der Waals surface area contributed by atoms with E-state index in [9.17, 15) is 0 Å². The van der Waals surface area contributed by atoms with Crippen LogP contribution in [0.4, 0.5) is 0 Å². The van der Waals surface area contributed by atoms with E-state index in [0.717, 1.165) is 51.4 Å². The van der Waals surface area contributed by atoms with E-state index in [0.29, 0.717) is 11.8 Å². The molecular formula is C20H36Cl2O3. The highest BCUT2D eigenvalue weighted by molar-refractivity contribution is 6.18. The molecule has 0 aliphatic carbocycles. The summed E-state index contributed by atoms with van der Waals surface area (Å²) in [6.07, 6.45) is 16.9. The Morgan fingerprint density at radius 1 is 0.680 bits per heavy atom. The standard InChI is InChI=1S/C20H36Cl2O3/c1-3-19(13-9-5-7-11-15-21)24-17-23-18-25-20(4-2)14-10-6-8-12-16-22/h5-8,19-20H,3-4,9-18H2,1-2H3. The largest absolute Gasteiger partial charge is 0.352 e. The van der Waals surface area contributed by atoms with Gasteiger partial charge in [-0.2, -0.15) is 0 Å². The summed E-state index contributed by atoms with van der Waals surface area (Å²) in [6, 6.07) is 0. The lowest BCUT2D eigenvalue weighted by atomic mass is 10.1. The monoisotopic (exact) mass is 394 g/mol. The molecule has 0 aliphatic rings.